The van der Waals surface area contributed by atoms with E-state index in [0.717, 1.165) is 29.7 Å². The SMILES string of the molecule is CC(C)N(CCCO)CCOc1cccc(Br)c1. The van der Waals surface area contributed by atoms with Crippen molar-refractivity contribution in [1.82, 2.24) is 4.90 Å². The molecule has 0 fully saturated rings. The fourth-order valence-corrected chi connectivity index (χ4v) is 2.12. The van der Waals surface area contributed by atoms with Gasteiger partial charge in [0.1, 0.15) is 12.4 Å². The van der Waals surface area contributed by atoms with Crippen molar-refractivity contribution in [2.75, 3.05) is 26.3 Å². The van der Waals surface area contributed by atoms with E-state index in [1.54, 1.807) is 0 Å². The second-order valence-electron chi connectivity index (χ2n) is 4.51. The van der Waals surface area contributed by atoms with Crippen molar-refractivity contribution in [3.05, 3.63) is 28.7 Å². The quantitative estimate of drug-likeness (QED) is 0.800. The zero-order valence-corrected chi connectivity index (χ0v) is 12.7. The Hall–Kier alpha value is -0.580. The number of nitrogens with zero attached hydrogens (tertiary/aromatic N) is 1. The highest BCUT2D eigenvalue weighted by Gasteiger charge is 2.08. The molecule has 18 heavy (non-hydrogen) atoms. The van der Waals surface area contributed by atoms with Crippen molar-refractivity contribution in [3.8, 4) is 5.75 Å². The van der Waals surface area contributed by atoms with Crippen LogP contribution in [0.2, 0.25) is 0 Å². The van der Waals surface area contributed by atoms with E-state index in [1.807, 2.05) is 24.3 Å². The molecule has 0 heterocycles. The first-order valence-electron chi connectivity index (χ1n) is 6.36. The average Bonchev–Trinajstić information content (AvgIpc) is 2.33. The standard InChI is InChI=1S/C14H22BrNO2/c1-12(2)16(7-4-9-17)8-10-18-14-6-3-5-13(15)11-14/h3,5-6,11-12,17H,4,7-10H2,1-2H3. The predicted molar refractivity (Wildman–Crippen MR) is 78.0 cm³/mol. The van der Waals surface area contributed by atoms with Crippen LogP contribution in [0.25, 0.3) is 0 Å². The second kappa shape index (κ2) is 8.51. The Kier molecular flexibility index (Phi) is 7.32. The monoisotopic (exact) mass is 315 g/mol. The van der Waals surface area contributed by atoms with Gasteiger partial charge in [0.2, 0.25) is 0 Å². The van der Waals surface area contributed by atoms with Gasteiger partial charge in [-0.25, -0.2) is 0 Å². The smallest absolute Gasteiger partial charge is 0.120 e. The topological polar surface area (TPSA) is 32.7 Å². The molecular formula is C14H22BrNO2. The number of aliphatic hydroxyl groups excluding tert-OH is 1. The fourth-order valence-electron chi connectivity index (χ4n) is 1.74. The number of hydrogen-bond acceptors (Lipinski definition) is 3. The van der Waals surface area contributed by atoms with E-state index in [-0.39, 0.29) is 6.61 Å². The maximum Gasteiger partial charge on any atom is 0.120 e. The Morgan fingerprint density at radius 3 is 2.72 bits per heavy atom. The Bertz CT molecular complexity index is 344. The molecule has 0 saturated carbocycles. The van der Waals surface area contributed by atoms with Crippen LogP contribution < -0.4 is 4.74 Å². The van der Waals surface area contributed by atoms with Crippen molar-refractivity contribution in [2.45, 2.75) is 26.3 Å². The van der Waals surface area contributed by atoms with E-state index < -0.39 is 0 Å². The van der Waals surface area contributed by atoms with Crippen LogP contribution in [0, 0.1) is 0 Å². The van der Waals surface area contributed by atoms with Gasteiger partial charge in [0.05, 0.1) is 0 Å². The molecule has 1 N–H and O–H groups in total. The number of rotatable bonds is 8. The number of benzene rings is 1. The molecule has 0 radical (unpaired) electrons. The average molecular weight is 316 g/mol. The summed E-state index contributed by atoms with van der Waals surface area (Å²) in [5.41, 5.74) is 0. The first-order valence-corrected chi connectivity index (χ1v) is 7.16. The Labute approximate surface area is 118 Å². The molecule has 0 atom stereocenters. The first-order chi connectivity index (χ1) is 8.63. The first kappa shape index (κ1) is 15.5. The minimum atomic E-state index is 0.246. The van der Waals surface area contributed by atoms with Crippen molar-refractivity contribution >= 4 is 15.9 Å². The number of aliphatic hydroxyl groups is 1. The summed E-state index contributed by atoms with van der Waals surface area (Å²) in [7, 11) is 0. The second-order valence-corrected chi connectivity index (χ2v) is 5.43. The van der Waals surface area contributed by atoms with Gasteiger partial charge in [-0.1, -0.05) is 22.0 Å². The zero-order chi connectivity index (χ0) is 13.4. The van der Waals surface area contributed by atoms with E-state index in [2.05, 4.69) is 34.7 Å². The molecule has 0 bridgehead atoms. The van der Waals surface area contributed by atoms with Crippen molar-refractivity contribution in [2.24, 2.45) is 0 Å². The summed E-state index contributed by atoms with van der Waals surface area (Å²) in [4.78, 5) is 2.31. The summed E-state index contributed by atoms with van der Waals surface area (Å²) < 4.78 is 6.74. The van der Waals surface area contributed by atoms with Gasteiger partial charge in [0.25, 0.3) is 0 Å². The Morgan fingerprint density at radius 2 is 2.11 bits per heavy atom. The molecule has 0 aromatic heterocycles. The van der Waals surface area contributed by atoms with Gasteiger partial charge in [-0.15, -0.1) is 0 Å². The molecule has 0 unspecified atom stereocenters. The highest BCUT2D eigenvalue weighted by Crippen LogP contribution is 2.17. The minimum absolute atomic E-state index is 0.246. The van der Waals surface area contributed by atoms with Gasteiger partial charge in [0.15, 0.2) is 0 Å². The van der Waals surface area contributed by atoms with Gasteiger partial charge in [0, 0.05) is 30.2 Å². The minimum Gasteiger partial charge on any atom is -0.492 e. The molecule has 1 aromatic rings. The highest BCUT2D eigenvalue weighted by molar-refractivity contribution is 9.10. The summed E-state index contributed by atoms with van der Waals surface area (Å²) in [6, 6.07) is 8.34. The van der Waals surface area contributed by atoms with Gasteiger partial charge in [-0.3, -0.25) is 4.90 Å². The zero-order valence-electron chi connectivity index (χ0n) is 11.1. The van der Waals surface area contributed by atoms with E-state index in [0.29, 0.717) is 12.6 Å². The summed E-state index contributed by atoms with van der Waals surface area (Å²) in [6.07, 6.45) is 0.815. The van der Waals surface area contributed by atoms with Crippen molar-refractivity contribution in [1.29, 1.82) is 0 Å². The van der Waals surface area contributed by atoms with Crippen LogP contribution >= 0.6 is 15.9 Å². The van der Waals surface area contributed by atoms with Crippen LogP contribution in [0.5, 0.6) is 5.75 Å². The molecular weight excluding hydrogens is 294 g/mol. The summed E-state index contributed by atoms with van der Waals surface area (Å²) in [5, 5.41) is 8.87. The van der Waals surface area contributed by atoms with E-state index in [4.69, 9.17) is 9.84 Å². The molecule has 3 nitrogen and oxygen atoms in total. The number of halogens is 1. The molecule has 1 aromatic carbocycles. The van der Waals surface area contributed by atoms with E-state index in [9.17, 15) is 0 Å². The van der Waals surface area contributed by atoms with Crippen LogP contribution in [0.3, 0.4) is 0 Å². The van der Waals surface area contributed by atoms with Crippen molar-refractivity contribution in [3.63, 3.8) is 0 Å². The van der Waals surface area contributed by atoms with Crippen LogP contribution in [0.4, 0.5) is 0 Å². The van der Waals surface area contributed by atoms with Crippen LogP contribution in [-0.4, -0.2) is 42.4 Å². The van der Waals surface area contributed by atoms with E-state index >= 15 is 0 Å². The van der Waals surface area contributed by atoms with E-state index in [1.165, 1.54) is 0 Å². The highest BCUT2D eigenvalue weighted by atomic mass is 79.9. The van der Waals surface area contributed by atoms with Gasteiger partial charge in [-0.05, 0) is 38.5 Å². The normalized spacial score (nSPS) is 11.2. The molecule has 1 rings (SSSR count). The molecule has 0 aliphatic carbocycles. The van der Waals surface area contributed by atoms with Gasteiger partial charge >= 0.3 is 0 Å². The lowest BCUT2D eigenvalue weighted by molar-refractivity contribution is 0.160. The third-order valence-electron chi connectivity index (χ3n) is 2.78. The number of hydrogen-bond donors (Lipinski definition) is 1. The lowest BCUT2D eigenvalue weighted by atomic mass is 10.3. The summed E-state index contributed by atoms with van der Waals surface area (Å²) in [6.45, 7) is 7.03. The molecule has 0 aliphatic rings. The lowest BCUT2D eigenvalue weighted by Crippen LogP contribution is -2.35. The Balaban J connectivity index is 2.34. The molecule has 4 heteroatoms. The predicted octanol–water partition coefficient (Wildman–Crippen LogP) is 2.92. The van der Waals surface area contributed by atoms with Crippen LogP contribution in [0.1, 0.15) is 20.3 Å². The lowest BCUT2D eigenvalue weighted by Gasteiger charge is -2.26. The molecule has 0 aliphatic heterocycles. The molecule has 0 amide bonds. The Morgan fingerprint density at radius 1 is 1.33 bits per heavy atom. The van der Waals surface area contributed by atoms with Crippen LogP contribution in [-0.2, 0) is 0 Å². The maximum absolute atomic E-state index is 8.87. The van der Waals surface area contributed by atoms with Gasteiger partial charge in [-0.2, -0.15) is 0 Å². The summed E-state index contributed by atoms with van der Waals surface area (Å²) >= 11 is 3.42. The molecule has 0 spiro atoms. The number of ether oxygens (including phenoxy) is 1. The largest absolute Gasteiger partial charge is 0.492 e. The summed E-state index contributed by atoms with van der Waals surface area (Å²) in [5.74, 6) is 0.884. The van der Waals surface area contributed by atoms with Gasteiger partial charge < -0.3 is 9.84 Å². The van der Waals surface area contributed by atoms with Crippen molar-refractivity contribution < 1.29 is 9.84 Å². The van der Waals surface area contributed by atoms with Crippen LogP contribution in [0.15, 0.2) is 28.7 Å². The fraction of sp³-hybridized carbons (Fsp3) is 0.571. The third-order valence-corrected chi connectivity index (χ3v) is 3.27. The maximum atomic E-state index is 8.87. The molecule has 0 saturated heterocycles. The third kappa shape index (κ3) is 5.85. The molecule has 102 valence electrons.